The summed E-state index contributed by atoms with van der Waals surface area (Å²) < 4.78 is 26.1. The summed E-state index contributed by atoms with van der Waals surface area (Å²) in [6.45, 7) is 2.05. The minimum atomic E-state index is -3.66. The Morgan fingerprint density at radius 2 is 2.00 bits per heavy atom. The molecule has 1 amide bonds. The molecule has 1 aliphatic heterocycles. The van der Waals surface area contributed by atoms with Crippen LogP contribution in [0.4, 0.5) is 0 Å². The lowest BCUT2D eigenvalue weighted by Gasteiger charge is -2.31. The summed E-state index contributed by atoms with van der Waals surface area (Å²) in [4.78, 5) is 21.8. The molecule has 9 heteroatoms. The number of carbonyl (C=O) groups excluding carboxylic acids is 1. The molecule has 7 nitrogen and oxygen atoms in total. The van der Waals surface area contributed by atoms with Gasteiger partial charge in [-0.25, -0.2) is 13.2 Å². The highest BCUT2D eigenvalue weighted by atomic mass is 32.2. The van der Waals surface area contributed by atoms with Crippen molar-refractivity contribution in [3.63, 3.8) is 0 Å². The molecular formula is C12H16N2O5S2. The highest BCUT2D eigenvalue weighted by Gasteiger charge is 2.30. The maximum atomic E-state index is 12.4. The number of hydrogen-bond donors (Lipinski definition) is 2. The molecular weight excluding hydrogens is 316 g/mol. The molecule has 0 aliphatic carbocycles. The number of hydrogen-bond acceptors (Lipinski definition) is 5. The summed E-state index contributed by atoms with van der Waals surface area (Å²) in [6.07, 6.45) is 1.10. The second-order valence-electron chi connectivity index (χ2n) is 4.83. The second kappa shape index (κ2) is 6.12. The van der Waals surface area contributed by atoms with Crippen LogP contribution in [0.3, 0.4) is 0 Å². The van der Waals surface area contributed by atoms with Crippen LogP contribution in [0.2, 0.25) is 0 Å². The van der Waals surface area contributed by atoms with Crippen molar-refractivity contribution in [2.24, 2.45) is 0 Å². The first kappa shape index (κ1) is 15.9. The van der Waals surface area contributed by atoms with Crippen molar-refractivity contribution in [2.45, 2.75) is 30.7 Å². The molecule has 0 atom stereocenters. The highest BCUT2D eigenvalue weighted by molar-refractivity contribution is 7.89. The number of carboxylic acid groups (broad SMARTS) is 1. The molecule has 0 aromatic carbocycles. The molecule has 0 radical (unpaired) electrons. The van der Waals surface area contributed by atoms with Crippen molar-refractivity contribution >= 4 is 33.2 Å². The maximum Gasteiger partial charge on any atom is 0.345 e. The Kier molecular flexibility index (Phi) is 4.64. The Morgan fingerprint density at radius 1 is 1.38 bits per heavy atom. The quantitative estimate of drug-likeness (QED) is 0.846. The average molecular weight is 332 g/mol. The van der Waals surface area contributed by atoms with Gasteiger partial charge in [0.05, 0.1) is 4.90 Å². The normalized spacial score (nSPS) is 17.6. The minimum Gasteiger partial charge on any atom is -0.477 e. The zero-order valence-corrected chi connectivity index (χ0v) is 13.0. The van der Waals surface area contributed by atoms with Crippen LogP contribution < -0.4 is 5.32 Å². The molecule has 2 N–H and O–H groups in total. The van der Waals surface area contributed by atoms with Crippen LogP contribution in [-0.2, 0) is 14.8 Å². The number of rotatable bonds is 4. The molecule has 21 heavy (non-hydrogen) atoms. The van der Waals surface area contributed by atoms with Gasteiger partial charge in [-0.1, -0.05) is 0 Å². The van der Waals surface area contributed by atoms with Crippen molar-refractivity contribution in [2.75, 3.05) is 13.1 Å². The molecule has 0 saturated carbocycles. The predicted molar refractivity (Wildman–Crippen MR) is 76.9 cm³/mol. The van der Waals surface area contributed by atoms with E-state index in [4.69, 9.17) is 5.11 Å². The number of piperidine rings is 1. The van der Waals surface area contributed by atoms with Gasteiger partial charge in [-0.3, -0.25) is 4.79 Å². The van der Waals surface area contributed by atoms with E-state index in [2.05, 4.69) is 5.32 Å². The van der Waals surface area contributed by atoms with Gasteiger partial charge in [0.15, 0.2) is 0 Å². The summed E-state index contributed by atoms with van der Waals surface area (Å²) in [5.74, 6) is -1.26. The lowest BCUT2D eigenvalue weighted by atomic mass is 10.1. The zero-order valence-electron chi connectivity index (χ0n) is 11.4. The lowest BCUT2D eigenvalue weighted by Crippen LogP contribution is -2.45. The van der Waals surface area contributed by atoms with Crippen LogP contribution in [0.1, 0.15) is 29.4 Å². The van der Waals surface area contributed by atoms with Crippen LogP contribution in [0, 0.1) is 0 Å². The van der Waals surface area contributed by atoms with E-state index < -0.39 is 16.0 Å². The van der Waals surface area contributed by atoms with E-state index in [0.29, 0.717) is 25.9 Å². The van der Waals surface area contributed by atoms with Crippen molar-refractivity contribution in [1.82, 2.24) is 9.62 Å². The molecule has 1 aromatic rings. The molecule has 1 aromatic heterocycles. The number of carboxylic acids is 1. The zero-order chi connectivity index (χ0) is 15.6. The fraction of sp³-hybridized carbons (Fsp3) is 0.500. The third kappa shape index (κ3) is 3.60. The monoisotopic (exact) mass is 332 g/mol. The van der Waals surface area contributed by atoms with Crippen molar-refractivity contribution < 1.29 is 23.1 Å². The Bertz CT molecular complexity index is 644. The van der Waals surface area contributed by atoms with Crippen LogP contribution in [-0.4, -0.2) is 48.8 Å². The summed E-state index contributed by atoms with van der Waals surface area (Å²) in [5.41, 5.74) is 0. The first-order valence-corrected chi connectivity index (χ1v) is 8.72. The SMILES string of the molecule is CC(=O)NC1CCN(S(=O)(=O)c2csc(C(=O)O)c2)CC1. The van der Waals surface area contributed by atoms with Gasteiger partial charge in [0.1, 0.15) is 4.88 Å². The molecule has 0 bridgehead atoms. The molecule has 1 aliphatic rings. The third-order valence-corrected chi connectivity index (χ3v) is 6.23. The smallest absolute Gasteiger partial charge is 0.345 e. The van der Waals surface area contributed by atoms with E-state index in [1.807, 2.05) is 0 Å². The van der Waals surface area contributed by atoms with Crippen LogP contribution in [0.5, 0.6) is 0 Å². The number of thiophene rings is 1. The van der Waals surface area contributed by atoms with Gasteiger partial charge in [-0.2, -0.15) is 4.31 Å². The summed E-state index contributed by atoms with van der Waals surface area (Å²) in [5, 5.41) is 13.0. The first-order chi connectivity index (χ1) is 9.80. The molecule has 116 valence electrons. The number of carbonyl (C=O) groups is 2. The van der Waals surface area contributed by atoms with Crippen LogP contribution >= 0.6 is 11.3 Å². The Hall–Kier alpha value is -1.45. The van der Waals surface area contributed by atoms with Crippen LogP contribution in [0.15, 0.2) is 16.3 Å². The van der Waals surface area contributed by atoms with Gasteiger partial charge in [-0.15, -0.1) is 11.3 Å². The molecule has 1 saturated heterocycles. The third-order valence-electron chi connectivity index (χ3n) is 3.29. The number of nitrogens with one attached hydrogen (secondary N) is 1. The largest absolute Gasteiger partial charge is 0.477 e. The number of sulfonamides is 1. The second-order valence-corrected chi connectivity index (χ2v) is 7.68. The number of amides is 1. The average Bonchev–Trinajstić information content (AvgIpc) is 2.89. The van der Waals surface area contributed by atoms with Gasteiger partial charge in [0.2, 0.25) is 15.9 Å². The minimum absolute atomic E-state index is 0.00158. The van der Waals surface area contributed by atoms with Gasteiger partial charge < -0.3 is 10.4 Å². The van der Waals surface area contributed by atoms with Crippen molar-refractivity contribution in [3.8, 4) is 0 Å². The van der Waals surface area contributed by atoms with E-state index in [1.165, 1.54) is 22.7 Å². The summed E-state index contributed by atoms with van der Waals surface area (Å²) in [6, 6.07) is 1.17. The predicted octanol–water partition coefficient (Wildman–Crippen LogP) is 0.736. The standard InChI is InChI=1S/C12H16N2O5S2/c1-8(15)13-9-2-4-14(5-3-9)21(18,19)10-6-11(12(16)17)20-7-10/h6-7,9H,2-5H2,1H3,(H,13,15)(H,16,17). The number of nitrogens with zero attached hydrogens (tertiary/aromatic N) is 1. The van der Waals surface area contributed by atoms with E-state index in [-0.39, 0.29) is 21.7 Å². The molecule has 0 spiro atoms. The van der Waals surface area contributed by atoms with E-state index in [9.17, 15) is 18.0 Å². The fourth-order valence-electron chi connectivity index (χ4n) is 2.24. The topological polar surface area (TPSA) is 104 Å². The Morgan fingerprint density at radius 3 is 2.48 bits per heavy atom. The summed E-state index contributed by atoms with van der Waals surface area (Å²) in [7, 11) is -3.66. The molecule has 2 rings (SSSR count). The van der Waals surface area contributed by atoms with Gasteiger partial charge in [0, 0.05) is 31.4 Å². The highest BCUT2D eigenvalue weighted by Crippen LogP contribution is 2.25. The molecule has 0 unspecified atom stereocenters. The summed E-state index contributed by atoms with van der Waals surface area (Å²) >= 11 is 0.895. The maximum absolute atomic E-state index is 12.4. The molecule has 1 fully saturated rings. The molecule has 2 heterocycles. The lowest BCUT2D eigenvalue weighted by molar-refractivity contribution is -0.119. The van der Waals surface area contributed by atoms with Gasteiger partial charge in [-0.05, 0) is 18.9 Å². The van der Waals surface area contributed by atoms with Gasteiger partial charge in [0.25, 0.3) is 0 Å². The first-order valence-electron chi connectivity index (χ1n) is 6.40. The number of aromatic carboxylic acids is 1. The Labute approximate surface area is 126 Å². The Balaban J connectivity index is 2.07. The van der Waals surface area contributed by atoms with Crippen molar-refractivity contribution in [3.05, 3.63) is 16.3 Å². The van der Waals surface area contributed by atoms with E-state index in [0.717, 1.165) is 11.3 Å². The van der Waals surface area contributed by atoms with Gasteiger partial charge >= 0.3 is 5.97 Å². The van der Waals surface area contributed by atoms with E-state index >= 15 is 0 Å². The van der Waals surface area contributed by atoms with E-state index in [1.54, 1.807) is 0 Å². The fourth-order valence-corrected chi connectivity index (χ4v) is 4.81. The van der Waals surface area contributed by atoms with Crippen molar-refractivity contribution in [1.29, 1.82) is 0 Å². The van der Waals surface area contributed by atoms with Crippen LogP contribution in [0.25, 0.3) is 0 Å².